The Morgan fingerprint density at radius 2 is 1.67 bits per heavy atom. The van der Waals surface area contributed by atoms with Crippen LogP contribution in [0, 0.1) is 11.6 Å². The molecule has 0 unspecified atom stereocenters. The normalized spacial score (nSPS) is 10.5. The standard InChI is InChI=1S/C16H16F2N2S/c1-3-10-4-6-12(7-5-10)20(2)15-13(17)8-11(16(19)21)9-14(15)18/h4-9H,3H2,1-2H3,(H2,19,21). The number of hydrogen-bond acceptors (Lipinski definition) is 2. The van der Waals surface area contributed by atoms with E-state index in [4.69, 9.17) is 18.0 Å². The molecule has 2 N–H and O–H groups in total. The van der Waals surface area contributed by atoms with Gasteiger partial charge in [-0.15, -0.1) is 0 Å². The molecule has 0 fully saturated rings. The molecule has 0 radical (unpaired) electrons. The molecule has 0 spiro atoms. The van der Waals surface area contributed by atoms with Gasteiger partial charge in [-0.2, -0.15) is 0 Å². The van der Waals surface area contributed by atoms with Crippen molar-refractivity contribution in [2.45, 2.75) is 13.3 Å². The zero-order valence-corrected chi connectivity index (χ0v) is 12.7. The Morgan fingerprint density at radius 3 is 2.10 bits per heavy atom. The molecule has 0 heterocycles. The average molecular weight is 306 g/mol. The number of aryl methyl sites for hydroxylation is 1. The van der Waals surface area contributed by atoms with Crippen LogP contribution in [0.15, 0.2) is 36.4 Å². The second kappa shape index (κ2) is 6.18. The van der Waals surface area contributed by atoms with Crippen molar-refractivity contribution in [2.75, 3.05) is 11.9 Å². The number of rotatable bonds is 4. The van der Waals surface area contributed by atoms with Gasteiger partial charge in [-0.05, 0) is 36.2 Å². The predicted molar refractivity (Wildman–Crippen MR) is 86.1 cm³/mol. The summed E-state index contributed by atoms with van der Waals surface area (Å²) >= 11 is 4.74. The molecule has 2 nitrogen and oxygen atoms in total. The summed E-state index contributed by atoms with van der Waals surface area (Å²) in [5.74, 6) is -1.39. The molecule has 5 heteroatoms. The van der Waals surface area contributed by atoms with Crippen molar-refractivity contribution in [3.63, 3.8) is 0 Å². The van der Waals surface area contributed by atoms with Crippen molar-refractivity contribution in [1.29, 1.82) is 0 Å². The van der Waals surface area contributed by atoms with Gasteiger partial charge in [-0.3, -0.25) is 0 Å². The third-order valence-corrected chi connectivity index (χ3v) is 3.60. The summed E-state index contributed by atoms with van der Waals surface area (Å²) in [6.07, 6.45) is 0.912. The number of hydrogen-bond donors (Lipinski definition) is 1. The fourth-order valence-electron chi connectivity index (χ4n) is 2.11. The molecule has 0 saturated carbocycles. The summed E-state index contributed by atoms with van der Waals surface area (Å²) in [6.45, 7) is 2.05. The lowest BCUT2D eigenvalue weighted by molar-refractivity contribution is 0.583. The van der Waals surface area contributed by atoms with Crippen LogP contribution >= 0.6 is 12.2 Å². The molecule has 2 rings (SSSR count). The van der Waals surface area contributed by atoms with Crippen molar-refractivity contribution in [3.05, 3.63) is 59.2 Å². The van der Waals surface area contributed by atoms with Crippen molar-refractivity contribution >= 4 is 28.6 Å². The molecule has 0 aliphatic rings. The van der Waals surface area contributed by atoms with E-state index in [9.17, 15) is 8.78 Å². The van der Waals surface area contributed by atoms with Crippen molar-refractivity contribution in [2.24, 2.45) is 5.73 Å². The molecule has 0 aromatic heterocycles. The van der Waals surface area contributed by atoms with E-state index in [0.717, 1.165) is 24.1 Å². The van der Waals surface area contributed by atoms with Gasteiger partial charge in [0.25, 0.3) is 0 Å². The van der Waals surface area contributed by atoms with Gasteiger partial charge >= 0.3 is 0 Å². The Labute approximate surface area is 128 Å². The van der Waals surface area contributed by atoms with Crippen LogP contribution in [0.3, 0.4) is 0 Å². The fraction of sp³-hybridized carbons (Fsp3) is 0.188. The lowest BCUT2D eigenvalue weighted by Gasteiger charge is -2.21. The van der Waals surface area contributed by atoms with Gasteiger partial charge in [-0.1, -0.05) is 31.3 Å². The number of anilines is 2. The molecule has 0 aliphatic carbocycles. The van der Waals surface area contributed by atoms with Crippen molar-refractivity contribution < 1.29 is 8.78 Å². The van der Waals surface area contributed by atoms with Gasteiger partial charge < -0.3 is 10.6 Å². The van der Waals surface area contributed by atoms with E-state index >= 15 is 0 Å². The Hall–Kier alpha value is -2.01. The zero-order chi connectivity index (χ0) is 15.6. The van der Waals surface area contributed by atoms with Gasteiger partial charge in [0.1, 0.15) is 10.7 Å². The molecule has 0 atom stereocenters. The lowest BCUT2D eigenvalue weighted by atomic mass is 10.1. The maximum atomic E-state index is 14.2. The molecule has 0 saturated heterocycles. The number of halogens is 2. The number of nitrogens with two attached hydrogens (primary N) is 1. The fourth-order valence-corrected chi connectivity index (χ4v) is 2.23. The molecule has 21 heavy (non-hydrogen) atoms. The van der Waals surface area contributed by atoms with Crippen LogP contribution in [-0.4, -0.2) is 12.0 Å². The number of benzene rings is 2. The van der Waals surface area contributed by atoms with Crippen LogP contribution < -0.4 is 10.6 Å². The van der Waals surface area contributed by atoms with E-state index in [1.54, 1.807) is 7.05 Å². The summed E-state index contributed by atoms with van der Waals surface area (Å²) < 4.78 is 28.3. The summed E-state index contributed by atoms with van der Waals surface area (Å²) in [7, 11) is 1.61. The first kappa shape index (κ1) is 15.4. The van der Waals surface area contributed by atoms with Crippen LogP contribution in [-0.2, 0) is 6.42 Å². The van der Waals surface area contributed by atoms with Crippen LogP contribution in [0.4, 0.5) is 20.2 Å². The lowest BCUT2D eigenvalue weighted by Crippen LogP contribution is -2.16. The smallest absolute Gasteiger partial charge is 0.150 e. The third-order valence-electron chi connectivity index (χ3n) is 3.37. The van der Waals surface area contributed by atoms with E-state index in [0.29, 0.717) is 5.69 Å². The highest BCUT2D eigenvalue weighted by Gasteiger charge is 2.17. The first-order chi connectivity index (χ1) is 9.93. The monoisotopic (exact) mass is 306 g/mol. The van der Waals surface area contributed by atoms with E-state index in [1.807, 2.05) is 31.2 Å². The average Bonchev–Trinajstić information content (AvgIpc) is 2.46. The quantitative estimate of drug-likeness (QED) is 0.868. The summed E-state index contributed by atoms with van der Waals surface area (Å²) in [6, 6.07) is 9.84. The predicted octanol–water partition coefficient (Wildman–Crippen LogP) is 3.93. The second-order valence-electron chi connectivity index (χ2n) is 4.73. The van der Waals surface area contributed by atoms with Crippen molar-refractivity contribution in [1.82, 2.24) is 0 Å². The van der Waals surface area contributed by atoms with E-state index in [1.165, 1.54) is 4.90 Å². The maximum Gasteiger partial charge on any atom is 0.150 e. The summed E-state index contributed by atoms with van der Waals surface area (Å²) in [4.78, 5) is 1.43. The number of nitrogens with zero attached hydrogens (tertiary/aromatic N) is 1. The first-order valence-electron chi connectivity index (χ1n) is 6.55. The van der Waals surface area contributed by atoms with Gasteiger partial charge in [0.2, 0.25) is 0 Å². The SMILES string of the molecule is CCc1ccc(N(C)c2c(F)cc(C(N)=S)cc2F)cc1. The molecule has 0 amide bonds. The molecule has 110 valence electrons. The van der Waals surface area contributed by atoms with Crippen LogP contribution in [0.2, 0.25) is 0 Å². The molecular weight excluding hydrogens is 290 g/mol. The molecular formula is C16H16F2N2S. The maximum absolute atomic E-state index is 14.2. The highest BCUT2D eigenvalue weighted by atomic mass is 32.1. The Morgan fingerprint density at radius 1 is 1.14 bits per heavy atom. The second-order valence-corrected chi connectivity index (χ2v) is 5.17. The Bertz CT molecular complexity index is 645. The highest BCUT2D eigenvalue weighted by molar-refractivity contribution is 7.80. The minimum Gasteiger partial charge on any atom is -0.389 e. The Balaban J connectivity index is 2.42. The van der Waals surface area contributed by atoms with Gasteiger partial charge in [0.05, 0.1) is 0 Å². The van der Waals surface area contributed by atoms with E-state index in [2.05, 4.69) is 0 Å². The van der Waals surface area contributed by atoms with E-state index in [-0.39, 0.29) is 16.2 Å². The van der Waals surface area contributed by atoms with Crippen molar-refractivity contribution in [3.8, 4) is 0 Å². The zero-order valence-electron chi connectivity index (χ0n) is 11.9. The third kappa shape index (κ3) is 3.19. The van der Waals surface area contributed by atoms with E-state index < -0.39 is 11.6 Å². The van der Waals surface area contributed by atoms with Crippen LogP contribution in [0.25, 0.3) is 0 Å². The molecule has 0 bridgehead atoms. The van der Waals surface area contributed by atoms with Gasteiger partial charge in [0.15, 0.2) is 11.6 Å². The van der Waals surface area contributed by atoms with Crippen LogP contribution in [0.5, 0.6) is 0 Å². The number of thiocarbonyl (C=S) groups is 1. The summed E-state index contributed by atoms with van der Waals surface area (Å²) in [5.41, 5.74) is 7.32. The van der Waals surface area contributed by atoms with Gasteiger partial charge in [0, 0.05) is 18.3 Å². The molecule has 0 aliphatic heterocycles. The van der Waals surface area contributed by atoms with Crippen LogP contribution in [0.1, 0.15) is 18.1 Å². The molecule has 2 aromatic carbocycles. The molecule has 2 aromatic rings. The first-order valence-corrected chi connectivity index (χ1v) is 6.96. The topological polar surface area (TPSA) is 29.3 Å². The summed E-state index contributed by atoms with van der Waals surface area (Å²) in [5, 5.41) is 0. The Kier molecular flexibility index (Phi) is 4.53. The minimum absolute atomic E-state index is 0.0331. The largest absolute Gasteiger partial charge is 0.389 e. The minimum atomic E-state index is -0.695. The van der Waals surface area contributed by atoms with Gasteiger partial charge in [-0.25, -0.2) is 8.78 Å². The highest BCUT2D eigenvalue weighted by Crippen LogP contribution is 2.30.